The number of hydrogen-bond acceptors (Lipinski definition) is 7. The Morgan fingerprint density at radius 1 is 1.00 bits per heavy atom. The molecule has 10 heteroatoms. The van der Waals surface area contributed by atoms with Gasteiger partial charge in [0.25, 0.3) is 10.0 Å². The molecule has 0 aliphatic heterocycles. The lowest BCUT2D eigenvalue weighted by Crippen LogP contribution is -2.16. The molecule has 3 aromatic rings. The molecule has 27 heavy (non-hydrogen) atoms. The zero-order chi connectivity index (χ0) is 19.6. The fourth-order valence-electron chi connectivity index (χ4n) is 2.29. The third kappa shape index (κ3) is 4.26. The van der Waals surface area contributed by atoms with Gasteiger partial charge in [0.1, 0.15) is 0 Å². The van der Waals surface area contributed by atoms with E-state index in [0.717, 1.165) is 0 Å². The molecule has 0 fully saturated rings. The number of rotatable bonds is 5. The zero-order valence-electron chi connectivity index (χ0n) is 14.6. The van der Waals surface area contributed by atoms with Gasteiger partial charge in [-0.1, -0.05) is 23.7 Å². The average molecular weight is 405 g/mol. The molecule has 8 nitrogen and oxygen atoms in total. The van der Waals surface area contributed by atoms with Crippen LogP contribution in [-0.2, 0) is 10.0 Å². The second kappa shape index (κ2) is 7.37. The standard InChI is InChI=1S/C17H17ClN6O2S/c1-24(2)17-21-15(20-16(19)22-17)13-5-3-4-6-14(13)23-27(25,26)12-9-7-11(18)8-10-12/h3-10,23H,1-2H3,(H2,19,20,21,22). The van der Waals surface area contributed by atoms with E-state index in [1.54, 1.807) is 43.3 Å². The van der Waals surface area contributed by atoms with Gasteiger partial charge < -0.3 is 10.6 Å². The highest BCUT2D eigenvalue weighted by Gasteiger charge is 2.18. The van der Waals surface area contributed by atoms with Crippen molar-refractivity contribution in [1.82, 2.24) is 15.0 Å². The van der Waals surface area contributed by atoms with E-state index in [-0.39, 0.29) is 16.7 Å². The smallest absolute Gasteiger partial charge is 0.261 e. The SMILES string of the molecule is CN(C)c1nc(N)nc(-c2ccccc2NS(=O)(=O)c2ccc(Cl)cc2)n1. The Hall–Kier alpha value is -2.91. The van der Waals surface area contributed by atoms with Gasteiger partial charge in [0.05, 0.1) is 10.6 Å². The van der Waals surface area contributed by atoms with Crippen LogP contribution in [-0.4, -0.2) is 37.5 Å². The number of nitrogens with one attached hydrogen (secondary N) is 1. The average Bonchev–Trinajstić information content (AvgIpc) is 2.61. The molecule has 0 atom stereocenters. The molecule has 0 bridgehead atoms. The van der Waals surface area contributed by atoms with E-state index in [2.05, 4.69) is 19.7 Å². The first kappa shape index (κ1) is 18.9. The van der Waals surface area contributed by atoms with Crippen LogP contribution < -0.4 is 15.4 Å². The Morgan fingerprint density at radius 2 is 1.67 bits per heavy atom. The van der Waals surface area contributed by atoms with Crippen LogP contribution in [0.25, 0.3) is 11.4 Å². The third-order valence-electron chi connectivity index (χ3n) is 3.58. The van der Waals surface area contributed by atoms with E-state index in [0.29, 0.717) is 22.2 Å². The van der Waals surface area contributed by atoms with Crippen LogP contribution in [0.2, 0.25) is 5.02 Å². The number of nitrogen functional groups attached to an aromatic ring is 1. The molecular weight excluding hydrogens is 388 g/mol. The minimum atomic E-state index is -3.82. The van der Waals surface area contributed by atoms with Gasteiger partial charge in [-0.3, -0.25) is 4.72 Å². The summed E-state index contributed by atoms with van der Waals surface area (Å²) in [5.41, 5.74) is 6.58. The van der Waals surface area contributed by atoms with Crippen molar-refractivity contribution in [3.05, 3.63) is 53.6 Å². The van der Waals surface area contributed by atoms with E-state index in [4.69, 9.17) is 17.3 Å². The fourth-order valence-corrected chi connectivity index (χ4v) is 3.49. The largest absolute Gasteiger partial charge is 0.368 e. The molecule has 140 valence electrons. The first-order valence-electron chi connectivity index (χ1n) is 7.83. The van der Waals surface area contributed by atoms with Crippen LogP contribution in [0, 0.1) is 0 Å². The number of nitrogens with two attached hydrogens (primary N) is 1. The maximum atomic E-state index is 12.7. The molecule has 0 unspecified atom stereocenters. The highest BCUT2D eigenvalue weighted by Crippen LogP contribution is 2.28. The van der Waals surface area contributed by atoms with Gasteiger partial charge in [-0.25, -0.2) is 8.42 Å². The van der Waals surface area contributed by atoms with Crippen LogP contribution in [0.5, 0.6) is 0 Å². The molecule has 0 radical (unpaired) electrons. The number of aromatic nitrogens is 3. The monoisotopic (exact) mass is 404 g/mol. The van der Waals surface area contributed by atoms with Gasteiger partial charge >= 0.3 is 0 Å². The van der Waals surface area contributed by atoms with Crippen molar-refractivity contribution in [2.45, 2.75) is 4.90 Å². The number of hydrogen-bond donors (Lipinski definition) is 2. The number of benzene rings is 2. The molecule has 2 aromatic carbocycles. The van der Waals surface area contributed by atoms with E-state index in [1.807, 2.05) is 0 Å². The highest BCUT2D eigenvalue weighted by atomic mass is 35.5. The van der Waals surface area contributed by atoms with Crippen molar-refractivity contribution in [3.8, 4) is 11.4 Å². The first-order valence-corrected chi connectivity index (χ1v) is 9.69. The molecule has 0 aliphatic rings. The van der Waals surface area contributed by atoms with Crippen molar-refractivity contribution >= 4 is 39.2 Å². The number of nitrogens with zero attached hydrogens (tertiary/aromatic N) is 4. The maximum Gasteiger partial charge on any atom is 0.261 e. The van der Waals surface area contributed by atoms with Gasteiger partial charge in [-0.15, -0.1) is 0 Å². The van der Waals surface area contributed by atoms with Gasteiger partial charge in [0.15, 0.2) is 5.82 Å². The summed E-state index contributed by atoms with van der Waals surface area (Å²) < 4.78 is 28.0. The van der Waals surface area contributed by atoms with Crippen LogP contribution in [0.15, 0.2) is 53.4 Å². The zero-order valence-corrected chi connectivity index (χ0v) is 16.2. The summed E-state index contributed by atoms with van der Waals surface area (Å²) in [7, 11) is -0.276. The Morgan fingerprint density at radius 3 is 2.33 bits per heavy atom. The summed E-state index contributed by atoms with van der Waals surface area (Å²) in [6.07, 6.45) is 0. The normalized spacial score (nSPS) is 11.2. The summed E-state index contributed by atoms with van der Waals surface area (Å²) in [4.78, 5) is 14.3. The van der Waals surface area contributed by atoms with Crippen LogP contribution >= 0.6 is 11.6 Å². The maximum absolute atomic E-state index is 12.7. The summed E-state index contributed by atoms with van der Waals surface area (Å²) in [5.74, 6) is 0.674. The lowest BCUT2D eigenvalue weighted by atomic mass is 10.2. The molecular formula is C17H17ClN6O2S. The van der Waals surface area contributed by atoms with Gasteiger partial charge in [0, 0.05) is 24.7 Å². The van der Waals surface area contributed by atoms with Crippen molar-refractivity contribution in [2.75, 3.05) is 29.5 Å². The summed E-state index contributed by atoms with van der Waals surface area (Å²) >= 11 is 5.83. The second-order valence-corrected chi connectivity index (χ2v) is 7.94. The Kier molecular flexibility index (Phi) is 5.15. The molecule has 0 saturated heterocycles. The van der Waals surface area contributed by atoms with Crippen LogP contribution in [0.3, 0.4) is 0 Å². The topological polar surface area (TPSA) is 114 Å². The molecule has 1 aromatic heterocycles. The van der Waals surface area contributed by atoms with Gasteiger partial charge in [-0.05, 0) is 36.4 Å². The minimum absolute atomic E-state index is 0.0408. The first-order chi connectivity index (χ1) is 12.8. The fraction of sp³-hybridized carbons (Fsp3) is 0.118. The highest BCUT2D eigenvalue weighted by molar-refractivity contribution is 7.92. The quantitative estimate of drug-likeness (QED) is 0.671. The Balaban J connectivity index is 2.04. The summed E-state index contributed by atoms with van der Waals surface area (Å²) in [5, 5.41) is 0.450. The molecule has 3 N–H and O–H groups in total. The summed E-state index contributed by atoms with van der Waals surface area (Å²) in [6.45, 7) is 0. The second-order valence-electron chi connectivity index (χ2n) is 5.82. The van der Waals surface area contributed by atoms with Crippen molar-refractivity contribution in [3.63, 3.8) is 0 Å². The minimum Gasteiger partial charge on any atom is -0.368 e. The van der Waals surface area contributed by atoms with Gasteiger partial charge in [0.2, 0.25) is 11.9 Å². The van der Waals surface area contributed by atoms with Gasteiger partial charge in [-0.2, -0.15) is 15.0 Å². The molecule has 0 aliphatic carbocycles. The molecule has 0 spiro atoms. The van der Waals surface area contributed by atoms with Crippen molar-refractivity contribution in [2.24, 2.45) is 0 Å². The van der Waals surface area contributed by atoms with E-state index >= 15 is 0 Å². The van der Waals surface area contributed by atoms with E-state index in [9.17, 15) is 8.42 Å². The molecule has 1 heterocycles. The predicted molar refractivity (Wildman–Crippen MR) is 106 cm³/mol. The number of halogens is 1. The number of para-hydroxylation sites is 1. The van der Waals surface area contributed by atoms with E-state index < -0.39 is 10.0 Å². The van der Waals surface area contributed by atoms with Crippen LogP contribution in [0.1, 0.15) is 0 Å². The lowest BCUT2D eigenvalue weighted by molar-refractivity contribution is 0.601. The molecule has 0 amide bonds. The number of sulfonamides is 1. The molecule has 0 saturated carbocycles. The van der Waals surface area contributed by atoms with Crippen molar-refractivity contribution in [1.29, 1.82) is 0 Å². The predicted octanol–water partition coefficient (Wildman–Crippen LogP) is 2.64. The summed E-state index contributed by atoms with van der Waals surface area (Å²) in [6, 6.07) is 12.7. The van der Waals surface area contributed by atoms with Crippen LogP contribution in [0.4, 0.5) is 17.6 Å². The third-order valence-corrected chi connectivity index (χ3v) is 5.21. The molecule has 3 rings (SSSR count). The number of anilines is 3. The van der Waals surface area contributed by atoms with Crippen molar-refractivity contribution < 1.29 is 8.42 Å². The lowest BCUT2D eigenvalue weighted by Gasteiger charge is -2.14. The van der Waals surface area contributed by atoms with E-state index in [1.165, 1.54) is 24.3 Å². The Labute approximate surface area is 162 Å². The Bertz CT molecular complexity index is 1070.